The molecule has 0 heterocycles. The number of aryl methyl sites for hydroxylation is 2. The van der Waals surface area contributed by atoms with Crippen molar-refractivity contribution < 1.29 is 10.2 Å². The third kappa shape index (κ3) is 8.57. The maximum absolute atomic E-state index is 9.96. The molecule has 1 rings (SSSR count). The fourth-order valence-electron chi connectivity index (χ4n) is 2.51. The van der Waals surface area contributed by atoms with Crippen LogP contribution in [0.25, 0.3) is 0 Å². The van der Waals surface area contributed by atoms with E-state index in [4.69, 9.17) is 0 Å². The van der Waals surface area contributed by atoms with E-state index < -0.39 is 11.2 Å². The van der Waals surface area contributed by atoms with Gasteiger partial charge in [-0.1, -0.05) is 50.4 Å². The molecule has 0 amide bonds. The normalized spacial score (nSPS) is 11.4. The third-order valence-electron chi connectivity index (χ3n) is 3.93. The lowest BCUT2D eigenvalue weighted by atomic mass is 9.92. The molecule has 0 aliphatic carbocycles. The Morgan fingerprint density at radius 2 is 1.08 bits per heavy atom. The zero-order valence-corrected chi connectivity index (χ0v) is 17.3. The molecule has 0 spiro atoms. The SMILES string of the molecule is CCCCc1cc(C#CC(C)(C)O)c(CCCC)cc1C#CC(C)(C)O. The number of hydrogen-bond donors (Lipinski definition) is 2. The summed E-state index contributed by atoms with van der Waals surface area (Å²) in [5.74, 6) is 12.2. The molecule has 0 aliphatic rings. The van der Waals surface area contributed by atoms with E-state index in [-0.39, 0.29) is 0 Å². The highest BCUT2D eigenvalue weighted by Crippen LogP contribution is 2.21. The van der Waals surface area contributed by atoms with Crippen LogP contribution < -0.4 is 0 Å². The summed E-state index contributed by atoms with van der Waals surface area (Å²) in [5, 5.41) is 19.9. The predicted octanol–water partition coefficient (Wildman–Crippen LogP) is 4.62. The van der Waals surface area contributed by atoms with Gasteiger partial charge in [0, 0.05) is 11.1 Å². The first-order chi connectivity index (χ1) is 12.1. The molecule has 2 heteroatoms. The summed E-state index contributed by atoms with van der Waals surface area (Å²) >= 11 is 0. The molecule has 26 heavy (non-hydrogen) atoms. The smallest absolute Gasteiger partial charge is 0.120 e. The number of unbranched alkanes of at least 4 members (excludes halogenated alkanes) is 2. The second-order valence-corrected chi connectivity index (χ2v) is 7.99. The van der Waals surface area contributed by atoms with E-state index in [1.165, 1.54) is 11.1 Å². The van der Waals surface area contributed by atoms with Gasteiger partial charge in [0.25, 0.3) is 0 Å². The van der Waals surface area contributed by atoms with Gasteiger partial charge in [-0.05, 0) is 76.6 Å². The molecule has 0 aliphatic heterocycles. The summed E-state index contributed by atoms with van der Waals surface area (Å²) < 4.78 is 0. The standard InChI is InChI=1S/C24H34O2/c1-7-9-11-19-17-22(14-16-24(5,6)26)20(12-10-8-2)18-21(19)13-15-23(3,4)25/h17-18,25-26H,7-12H2,1-6H3. The number of hydrogen-bond acceptors (Lipinski definition) is 2. The second-order valence-electron chi connectivity index (χ2n) is 7.99. The molecule has 0 saturated carbocycles. The molecule has 2 nitrogen and oxygen atoms in total. The number of aliphatic hydroxyl groups is 2. The fraction of sp³-hybridized carbons (Fsp3) is 0.583. The summed E-state index contributed by atoms with van der Waals surface area (Å²) in [7, 11) is 0. The van der Waals surface area contributed by atoms with E-state index in [1.54, 1.807) is 27.7 Å². The largest absolute Gasteiger partial charge is 0.378 e. The first-order valence-corrected chi connectivity index (χ1v) is 9.72. The van der Waals surface area contributed by atoms with Crippen molar-refractivity contribution in [2.45, 2.75) is 91.3 Å². The van der Waals surface area contributed by atoms with Gasteiger partial charge < -0.3 is 10.2 Å². The maximum Gasteiger partial charge on any atom is 0.120 e. The molecule has 1 aromatic carbocycles. The molecular formula is C24H34O2. The van der Waals surface area contributed by atoms with Crippen LogP contribution in [-0.4, -0.2) is 21.4 Å². The fourth-order valence-corrected chi connectivity index (χ4v) is 2.51. The van der Waals surface area contributed by atoms with Crippen molar-refractivity contribution in [3.63, 3.8) is 0 Å². The second kappa shape index (κ2) is 9.82. The minimum absolute atomic E-state index is 0.942. The van der Waals surface area contributed by atoms with Crippen LogP contribution in [0.15, 0.2) is 12.1 Å². The Labute approximate surface area is 160 Å². The van der Waals surface area contributed by atoms with Gasteiger partial charge in [0.1, 0.15) is 11.2 Å². The monoisotopic (exact) mass is 354 g/mol. The van der Waals surface area contributed by atoms with Gasteiger partial charge in [-0.3, -0.25) is 0 Å². The lowest BCUT2D eigenvalue weighted by molar-refractivity contribution is 0.143. The Kier molecular flexibility index (Phi) is 8.42. The van der Waals surface area contributed by atoms with Gasteiger partial charge in [0.2, 0.25) is 0 Å². The quantitative estimate of drug-likeness (QED) is 0.732. The van der Waals surface area contributed by atoms with Crippen LogP contribution in [0.4, 0.5) is 0 Å². The topological polar surface area (TPSA) is 40.5 Å². The summed E-state index contributed by atoms with van der Waals surface area (Å²) in [5.41, 5.74) is 2.30. The Morgan fingerprint density at radius 1 is 0.731 bits per heavy atom. The van der Waals surface area contributed by atoms with Crippen LogP contribution in [0.1, 0.15) is 89.5 Å². The predicted molar refractivity (Wildman–Crippen MR) is 110 cm³/mol. The Morgan fingerprint density at radius 3 is 1.35 bits per heavy atom. The van der Waals surface area contributed by atoms with Crippen LogP contribution in [-0.2, 0) is 12.8 Å². The van der Waals surface area contributed by atoms with Crippen LogP contribution in [0, 0.1) is 23.7 Å². The molecule has 142 valence electrons. The van der Waals surface area contributed by atoms with E-state index >= 15 is 0 Å². The van der Waals surface area contributed by atoms with Crippen molar-refractivity contribution in [3.05, 3.63) is 34.4 Å². The minimum Gasteiger partial charge on any atom is -0.378 e. The molecule has 0 atom stereocenters. The van der Waals surface area contributed by atoms with Crippen molar-refractivity contribution in [2.24, 2.45) is 0 Å². The Hall–Kier alpha value is -1.74. The average molecular weight is 355 g/mol. The summed E-state index contributed by atoms with van der Waals surface area (Å²) in [6, 6.07) is 4.27. The summed E-state index contributed by atoms with van der Waals surface area (Å²) in [6.07, 6.45) is 6.28. The first-order valence-electron chi connectivity index (χ1n) is 9.72. The van der Waals surface area contributed by atoms with Crippen molar-refractivity contribution in [3.8, 4) is 23.7 Å². The molecule has 0 bridgehead atoms. The highest BCUT2D eigenvalue weighted by Gasteiger charge is 2.11. The summed E-state index contributed by atoms with van der Waals surface area (Å²) in [6.45, 7) is 11.2. The number of rotatable bonds is 6. The van der Waals surface area contributed by atoms with Crippen LogP contribution in [0.3, 0.4) is 0 Å². The molecule has 0 saturated heterocycles. The van der Waals surface area contributed by atoms with Crippen LogP contribution >= 0.6 is 0 Å². The van der Waals surface area contributed by atoms with Gasteiger partial charge in [-0.25, -0.2) is 0 Å². The molecule has 1 aromatic rings. The van der Waals surface area contributed by atoms with Gasteiger partial charge in [-0.2, -0.15) is 0 Å². The van der Waals surface area contributed by atoms with Gasteiger partial charge in [0.05, 0.1) is 0 Å². The van der Waals surface area contributed by atoms with Crippen molar-refractivity contribution in [1.29, 1.82) is 0 Å². The molecular weight excluding hydrogens is 320 g/mol. The Bertz CT molecular complexity index is 644. The molecule has 0 fully saturated rings. The number of benzene rings is 1. The van der Waals surface area contributed by atoms with Crippen molar-refractivity contribution in [1.82, 2.24) is 0 Å². The van der Waals surface area contributed by atoms with E-state index in [0.29, 0.717) is 0 Å². The zero-order chi connectivity index (χ0) is 19.8. The highest BCUT2D eigenvalue weighted by molar-refractivity contribution is 5.53. The van der Waals surface area contributed by atoms with Gasteiger partial charge in [0.15, 0.2) is 0 Å². The summed E-state index contributed by atoms with van der Waals surface area (Å²) in [4.78, 5) is 0. The minimum atomic E-state index is -1.01. The van der Waals surface area contributed by atoms with Crippen LogP contribution in [0.2, 0.25) is 0 Å². The maximum atomic E-state index is 9.96. The first kappa shape index (κ1) is 22.3. The van der Waals surface area contributed by atoms with E-state index in [2.05, 4.69) is 49.7 Å². The lowest BCUT2D eigenvalue weighted by Gasteiger charge is -2.13. The van der Waals surface area contributed by atoms with E-state index in [0.717, 1.165) is 49.7 Å². The highest BCUT2D eigenvalue weighted by atomic mass is 16.3. The molecule has 0 radical (unpaired) electrons. The third-order valence-corrected chi connectivity index (χ3v) is 3.93. The Balaban J connectivity index is 3.47. The van der Waals surface area contributed by atoms with Crippen molar-refractivity contribution in [2.75, 3.05) is 0 Å². The van der Waals surface area contributed by atoms with Crippen LogP contribution in [0.5, 0.6) is 0 Å². The molecule has 0 unspecified atom stereocenters. The lowest BCUT2D eigenvalue weighted by Crippen LogP contribution is -2.15. The zero-order valence-electron chi connectivity index (χ0n) is 17.3. The van der Waals surface area contributed by atoms with Gasteiger partial charge in [-0.15, -0.1) is 0 Å². The van der Waals surface area contributed by atoms with Crippen molar-refractivity contribution >= 4 is 0 Å². The molecule has 0 aromatic heterocycles. The van der Waals surface area contributed by atoms with E-state index in [1.807, 2.05) is 0 Å². The van der Waals surface area contributed by atoms with Gasteiger partial charge >= 0.3 is 0 Å². The molecule has 2 N–H and O–H groups in total. The van der Waals surface area contributed by atoms with E-state index in [9.17, 15) is 10.2 Å². The average Bonchev–Trinajstić information content (AvgIpc) is 2.53.